The molecule has 2 rings (SSSR count). The summed E-state index contributed by atoms with van der Waals surface area (Å²) in [6, 6.07) is 1.57. The van der Waals surface area contributed by atoms with Gasteiger partial charge in [0.15, 0.2) is 0 Å². The highest BCUT2D eigenvalue weighted by atomic mass is 16.6. The van der Waals surface area contributed by atoms with Crippen molar-refractivity contribution in [1.82, 2.24) is 24.9 Å². The third-order valence-corrected chi connectivity index (χ3v) is 3.27. The van der Waals surface area contributed by atoms with E-state index in [-0.39, 0.29) is 24.0 Å². The molecule has 2 heterocycles. The number of methoxy groups -OCH3 is 1. The Morgan fingerprint density at radius 2 is 2.17 bits per heavy atom. The first kappa shape index (κ1) is 16.6. The van der Waals surface area contributed by atoms with Crippen molar-refractivity contribution in [2.75, 3.05) is 20.3 Å². The molecule has 0 aliphatic carbocycles. The summed E-state index contributed by atoms with van der Waals surface area (Å²) in [5.74, 6) is -0.305. The minimum Gasteiger partial charge on any atom is -0.383 e. The van der Waals surface area contributed by atoms with Crippen molar-refractivity contribution in [3.63, 3.8) is 0 Å². The first-order chi connectivity index (χ1) is 10.9. The van der Waals surface area contributed by atoms with Gasteiger partial charge in [0, 0.05) is 19.9 Å². The summed E-state index contributed by atoms with van der Waals surface area (Å²) in [6.45, 7) is 4.21. The maximum Gasteiger partial charge on any atom is 0.312 e. The third-order valence-electron chi connectivity index (χ3n) is 3.27. The number of amides is 1. The second kappa shape index (κ2) is 7.01. The Kier molecular flexibility index (Phi) is 5.06. The van der Waals surface area contributed by atoms with Crippen molar-refractivity contribution in [2.45, 2.75) is 20.5 Å². The summed E-state index contributed by atoms with van der Waals surface area (Å²) in [6.07, 6.45) is 1.62. The summed E-state index contributed by atoms with van der Waals surface area (Å²) in [4.78, 5) is 22.4. The van der Waals surface area contributed by atoms with Gasteiger partial charge < -0.3 is 10.1 Å². The smallest absolute Gasteiger partial charge is 0.312 e. The first-order valence-corrected chi connectivity index (χ1v) is 6.93. The lowest BCUT2D eigenvalue weighted by Crippen LogP contribution is -2.27. The van der Waals surface area contributed by atoms with Crippen LogP contribution in [0.4, 0.5) is 5.69 Å². The number of nitrogens with one attached hydrogen (secondary N) is 1. The Balaban J connectivity index is 2.09. The van der Waals surface area contributed by atoms with Gasteiger partial charge in [-0.1, -0.05) is 0 Å². The number of nitrogens with zero attached hydrogens (tertiary/aromatic N) is 5. The van der Waals surface area contributed by atoms with E-state index in [9.17, 15) is 14.9 Å². The predicted octanol–water partition coefficient (Wildman–Crippen LogP) is 0.487. The molecular formula is C13H18N6O4. The normalized spacial score (nSPS) is 10.7. The van der Waals surface area contributed by atoms with Crippen LogP contribution in [0.2, 0.25) is 0 Å². The van der Waals surface area contributed by atoms with Crippen molar-refractivity contribution in [3.05, 3.63) is 39.5 Å². The highest BCUT2D eigenvalue weighted by Crippen LogP contribution is 2.21. The molecule has 0 saturated carbocycles. The van der Waals surface area contributed by atoms with Gasteiger partial charge in [-0.15, -0.1) is 0 Å². The lowest BCUT2D eigenvalue weighted by molar-refractivity contribution is -0.386. The van der Waals surface area contributed by atoms with Gasteiger partial charge in [0.05, 0.1) is 11.5 Å². The summed E-state index contributed by atoms with van der Waals surface area (Å²) in [7, 11) is 1.55. The Hall–Kier alpha value is -2.75. The van der Waals surface area contributed by atoms with E-state index < -0.39 is 4.92 Å². The van der Waals surface area contributed by atoms with Crippen molar-refractivity contribution >= 4 is 11.6 Å². The number of aryl methyl sites for hydroxylation is 1. The van der Waals surface area contributed by atoms with E-state index in [1.54, 1.807) is 33.2 Å². The summed E-state index contributed by atoms with van der Waals surface area (Å²) >= 11 is 0. The Morgan fingerprint density at radius 1 is 1.43 bits per heavy atom. The average molecular weight is 322 g/mol. The van der Waals surface area contributed by atoms with Crippen LogP contribution in [-0.4, -0.2) is 50.7 Å². The molecule has 0 aromatic carbocycles. The number of hydrogen-bond acceptors (Lipinski definition) is 6. The van der Waals surface area contributed by atoms with E-state index in [0.29, 0.717) is 24.5 Å². The average Bonchev–Trinajstić information content (AvgIpc) is 3.05. The lowest BCUT2D eigenvalue weighted by Gasteiger charge is -2.04. The molecule has 0 fully saturated rings. The molecule has 124 valence electrons. The van der Waals surface area contributed by atoms with E-state index in [1.807, 2.05) is 0 Å². The van der Waals surface area contributed by atoms with Gasteiger partial charge in [-0.2, -0.15) is 10.2 Å². The monoisotopic (exact) mass is 322 g/mol. The molecule has 23 heavy (non-hydrogen) atoms. The highest BCUT2D eigenvalue weighted by molar-refractivity contribution is 5.92. The molecule has 0 aliphatic heterocycles. The molecule has 0 unspecified atom stereocenters. The van der Waals surface area contributed by atoms with E-state index in [1.165, 1.54) is 9.36 Å². The Morgan fingerprint density at radius 3 is 2.78 bits per heavy atom. The van der Waals surface area contributed by atoms with Crippen LogP contribution in [0, 0.1) is 24.0 Å². The Labute approximate surface area is 132 Å². The zero-order valence-electron chi connectivity index (χ0n) is 13.1. The fraction of sp³-hybridized carbons (Fsp3) is 0.462. The zero-order valence-corrected chi connectivity index (χ0v) is 13.1. The van der Waals surface area contributed by atoms with E-state index in [4.69, 9.17) is 4.74 Å². The van der Waals surface area contributed by atoms with Crippen LogP contribution >= 0.6 is 0 Å². The molecule has 10 heteroatoms. The standard InChI is InChI=1S/C13H18N6O4/c1-9-12(19(21)22)10(2)18(15-9)8-17-6-4-11(16-17)13(20)14-5-7-23-3/h4,6H,5,7-8H2,1-3H3,(H,14,20). The molecule has 0 aliphatic rings. The largest absolute Gasteiger partial charge is 0.383 e. The molecule has 0 atom stereocenters. The quantitative estimate of drug-likeness (QED) is 0.450. The van der Waals surface area contributed by atoms with Crippen LogP contribution in [0.1, 0.15) is 21.9 Å². The number of ether oxygens (including phenoxy) is 1. The van der Waals surface area contributed by atoms with Crippen molar-refractivity contribution in [3.8, 4) is 0 Å². The van der Waals surface area contributed by atoms with E-state index in [2.05, 4.69) is 15.5 Å². The van der Waals surface area contributed by atoms with Crippen LogP contribution < -0.4 is 5.32 Å². The number of carbonyl (C=O) groups is 1. The molecule has 0 spiro atoms. The number of nitro groups is 1. The fourth-order valence-electron chi connectivity index (χ4n) is 2.15. The van der Waals surface area contributed by atoms with Crippen molar-refractivity contribution < 1.29 is 14.5 Å². The van der Waals surface area contributed by atoms with Crippen molar-refractivity contribution in [2.24, 2.45) is 0 Å². The summed E-state index contributed by atoms with van der Waals surface area (Å²) in [5.41, 5.74) is 1.04. The maximum atomic E-state index is 11.8. The second-order valence-electron chi connectivity index (χ2n) is 4.91. The zero-order chi connectivity index (χ0) is 17.0. The third kappa shape index (κ3) is 3.72. The summed E-state index contributed by atoms with van der Waals surface area (Å²) in [5, 5.41) is 21.9. The first-order valence-electron chi connectivity index (χ1n) is 6.93. The Bertz CT molecular complexity index is 720. The van der Waals surface area contributed by atoms with Gasteiger partial charge in [0.1, 0.15) is 23.8 Å². The number of carbonyl (C=O) groups excluding carboxylic acids is 1. The minimum absolute atomic E-state index is 0.00492. The van der Waals surface area contributed by atoms with Gasteiger partial charge in [-0.25, -0.2) is 4.68 Å². The van der Waals surface area contributed by atoms with Crippen LogP contribution in [0.15, 0.2) is 12.3 Å². The number of aromatic nitrogens is 4. The van der Waals surface area contributed by atoms with Gasteiger partial charge in [0.25, 0.3) is 5.91 Å². The SMILES string of the molecule is COCCNC(=O)c1ccn(Cn2nc(C)c([N+](=O)[O-])c2C)n1. The molecular weight excluding hydrogens is 304 g/mol. The summed E-state index contributed by atoms with van der Waals surface area (Å²) < 4.78 is 7.83. The van der Waals surface area contributed by atoms with Crippen LogP contribution in [0.5, 0.6) is 0 Å². The molecule has 10 nitrogen and oxygen atoms in total. The lowest BCUT2D eigenvalue weighted by atomic mass is 10.3. The van der Waals surface area contributed by atoms with E-state index in [0.717, 1.165) is 0 Å². The molecule has 0 saturated heterocycles. The molecule has 0 bridgehead atoms. The molecule has 1 N–H and O–H groups in total. The fourth-order valence-corrected chi connectivity index (χ4v) is 2.15. The molecule has 2 aromatic rings. The molecule has 1 amide bonds. The molecule has 2 aromatic heterocycles. The van der Waals surface area contributed by atoms with Crippen LogP contribution in [0.25, 0.3) is 0 Å². The number of rotatable bonds is 7. The van der Waals surface area contributed by atoms with Gasteiger partial charge >= 0.3 is 5.69 Å². The van der Waals surface area contributed by atoms with Gasteiger partial charge in [-0.05, 0) is 19.9 Å². The van der Waals surface area contributed by atoms with Crippen LogP contribution in [-0.2, 0) is 11.4 Å². The van der Waals surface area contributed by atoms with E-state index >= 15 is 0 Å². The predicted molar refractivity (Wildman–Crippen MR) is 80.2 cm³/mol. The van der Waals surface area contributed by atoms with Gasteiger partial charge in [-0.3, -0.25) is 19.6 Å². The topological polar surface area (TPSA) is 117 Å². The number of hydrogen-bond donors (Lipinski definition) is 1. The minimum atomic E-state index is -0.452. The van der Waals surface area contributed by atoms with Gasteiger partial charge in [0.2, 0.25) is 0 Å². The molecule has 0 radical (unpaired) electrons. The maximum absolute atomic E-state index is 11.8. The van der Waals surface area contributed by atoms with Crippen molar-refractivity contribution in [1.29, 1.82) is 0 Å². The highest BCUT2D eigenvalue weighted by Gasteiger charge is 2.22. The van der Waals surface area contributed by atoms with Crippen LogP contribution in [0.3, 0.4) is 0 Å². The second-order valence-corrected chi connectivity index (χ2v) is 4.91.